The third-order valence-electron chi connectivity index (χ3n) is 2.84. The summed E-state index contributed by atoms with van der Waals surface area (Å²) in [6, 6.07) is 0. The Labute approximate surface area is 105 Å². The van der Waals surface area contributed by atoms with E-state index < -0.39 is 0 Å². The van der Waals surface area contributed by atoms with Gasteiger partial charge in [-0.15, -0.1) is 5.10 Å². The zero-order valence-corrected chi connectivity index (χ0v) is 11.0. The highest BCUT2D eigenvalue weighted by molar-refractivity contribution is 7.99. The summed E-state index contributed by atoms with van der Waals surface area (Å²) in [4.78, 5) is 11.5. The van der Waals surface area contributed by atoms with Gasteiger partial charge in [0.05, 0.1) is 6.10 Å². The molecule has 17 heavy (non-hydrogen) atoms. The number of hydrogen-bond acceptors (Lipinski definition) is 4. The van der Waals surface area contributed by atoms with Crippen molar-refractivity contribution in [3.05, 3.63) is 10.5 Å². The van der Waals surface area contributed by atoms with Crippen molar-refractivity contribution in [1.82, 2.24) is 14.8 Å². The number of nitrogens with zero attached hydrogens (tertiary/aromatic N) is 2. The Balaban J connectivity index is 1.91. The molecule has 0 radical (unpaired) electrons. The Hall–Kier alpha value is -0.750. The molecular weight excluding hydrogens is 238 g/mol. The van der Waals surface area contributed by atoms with Crippen molar-refractivity contribution in [2.45, 2.75) is 50.4 Å². The van der Waals surface area contributed by atoms with Gasteiger partial charge in [0, 0.05) is 18.9 Å². The van der Waals surface area contributed by atoms with Gasteiger partial charge < -0.3 is 4.74 Å². The number of nitrogens with one attached hydrogen (secondary N) is 1. The van der Waals surface area contributed by atoms with Crippen LogP contribution in [0.5, 0.6) is 0 Å². The first-order valence-corrected chi connectivity index (χ1v) is 7.19. The lowest BCUT2D eigenvalue weighted by molar-refractivity contribution is 0.0315. The summed E-state index contributed by atoms with van der Waals surface area (Å²) in [6.45, 7) is 3.65. The minimum absolute atomic E-state index is 0.112. The van der Waals surface area contributed by atoms with Crippen LogP contribution in [0.3, 0.4) is 0 Å². The zero-order valence-electron chi connectivity index (χ0n) is 10.1. The van der Waals surface area contributed by atoms with Crippen LogP contribution in [0.15, 0.2) is 9.95 Å². The maximum atomic E-state index is 11.5. The molecular formula is C11H19N3O2S. The van der Waals surface area contributed by atoms with Crippen molar-refractivity contribution in [3.63, 3.8) is 0 Å². The van der Waals surface area contributed by atoms with E-state index in [4.69, 9.17) is 4.74 Å². The Morgan fingerprint density at radius 3 is 3.18 bits per heavy atom. The Kier molecular flexibility index (Phi) is 4.67. The molecule has 1 fully saturated rings. The number of hydrogen-bond donors (Lipinski definition) is 1. The maximum absolute atomic E-state index is 11.5. The second kappa shape index (κ2) is 6.26. The molecule has 1 aromatic rings. The summed E-state index contributed by atoms with van der Waals surface area (Å²) in [7, 11) is 0. The van der Waals surface area contributed by atoms with Gasteiger partial charge in [0.1, 0.15) is 0 Å². The molecule has 5 nitrogen and oxygen atoms in total. The molecule has 0 aliphatic carbocycles. The van der Waals surface area contributed by atoms with Crippen molar-refractivity contribution in [2.75, 3.05) is 12.4 Å². The highest BCUT2D eigenvalue weighted by atomic mass is 32.2. The second-order valence-corrected chi connectivity index (χ2v) is 5.25. The van der Waals surface area contributed by atoms with Gasteiger partial charge in [-0.25, -0.2) is 9.89 Å². The average Bonchev–Trinajstić information content (AvgIpc) is 2.70. The normalized spacial score (nSPS) is 20.6. The zero-order chi connectivity index (χ0) is 12.1. The maximum Gasteiger partial charge on any atom is 0.343 e. The van der Waals surface area contributed by atoms with Crippen LogP contribution in [0, 0.1) is 0 Å². The molecule has 0 unspecified atom stereocenters. The minimum atomic E-state index is -0.112. The quantitative estimate of drug-likeness (QED) is 0.815. The molecule has 6 heteroatoms. The van der Waals surface area contributed by atoms with E-state index in [2.05, 4.69) is 17.1 Å². The molecule has 2 rings (SSSR count). The van der Waals surface area contributed by atoms with Crippen LogP contribution in [-0.4, -0.2) is 33.2 Å². The molecule has 1 saturated heterocycles. The first-order valence-electron chi connectivity index (χ1n) is 6.21. The standard InChI is InChI=1S/C11H19N3O2S/c1-2-6-14-10(15)12-13-11(14)17-8-9-5-3-4-7-16-9/h9H,2-8H2,1H3,(H,12,15)/t9-/m0/s1. The SMILES string of the molecule is CCCn1c(SC[C@@H]2CCCCO2)n[nH]c1=O. The summed E-state index contributed by atoms with van der Waals surface area (Å²) < 4.78 is 7.36. The third kappa shape index (κ3) is 3.35. The smallest absolute Gasteiger partial charge is 0.343 e. The van der Waals surface area contributed by atoms with E-state index in [9.17, 15) is 4.79 Å². The third-order valence-corrected chi connectivity index (χ3v) is 3.95. The number of rotatable bonds is 5. The van der Waals surface area contributed by atoms with Crippen molar-refractivity contribution >= 4 is 11.8 Å². The van der Waals surface area contributed by atoms with Crippen LogP contribution in [0.4, 0.5) is 0 Å². The van der Waals surface area contributed by atoms with Gasteiger partial charge in [-0.1, -0.05) is 18.7 Å². The Morgan fingerprint density at radius 2 is 2.47 bits per heavy atom. The number of H-pyrrole nitrogens is 1. The lowest BCUT2D eigenvalue weighted by Crippen LogP contribution is -2.22. The van der Waals surface area contributed by atoms with Crippen molar-refractivity contribution in [2.24, 2.45) is 0 Å². The summed E-state index contributed by atoms with van der Waals surface area (Å²) in [5, 5.41) is 7.34. The van der Waals surface area contributed by atoms with Crippen LogP contribution in [0.25, 0.3) is 0 Å². The fourth-order valence-corrected chi connectivity index (χ4v) is 2.98. The van der Waals surface area contributed by atoms with E-state index in [1.807, 2.05) is 0 Å². The van der Waals surface area contributed by atoms with Crippen LogP contribution in [0.2, 0.25) is 0 Å². The molecule has 1 atom stereocenters. The van der Waals surface area contributed by atoms with Gasteiger partial charge in [-0.3, -0.25) is 4.57 Å². The molecule has 0 aromatic carbocycles. The number of aromatic amines is 1. The predicted molar refractivity (Wildman–Crippen MR) is 67.5 cm³/mol. The molecule has 2 heterocycles. The Morgan fingerprint density at radius 1 is 1.59 bits per heavy atom. The molecule has 0 bridgehead atoms. The summed E-state index contributed by atoms with van der Waals surface area (Å²) in [5.41, 5.74) is -0.112. The van der Waals surface area contributed by atoms with Gasteiger partial charge >= 0.3 is 5.69 Å². The minimum Gasteiger partial charge on any atom is -0.377 e. The van der Waals surface area contributed by atoms with E-state index >= 15 is 0 Å². The fraction of sp³-hybridized carbons (Fsp3) is 0.818. The van der Waals surface area contributed by atoms with Gasteiger partial charge in [0.25, 0.3) is 0 Å². The molecule has 96 valence electrons. The molecule has 1 aromatic heterocycles. The van der Waals surface area contributed by atoms with E-state index in [0.29, 0.717) is 6.10 Å². The molecule has 0 saturated carbocycles. The molecule has 1 aliphatic rings. The van der Waals surface area contributed by atoms with Gasteiger partial charge in [0.2, 0.25) is 0 Å². The largest absolute Gasteiger partial charge is 0.377 e. The summed E-state index contributed by atoms with van der Waals surface area (Å²) in [5.74, 6) is 0.883. The number of thioether (sulfide) groups is 1. The second-order valence-electron chi connectivity index (χ2n) is 4.26. The lowest BCUT2D eigenvalue weighted by atomic mass is 10.1. The van der Waals surface area contributed by atoms with Gasteiger partial charge in [0.15, 0.2) is 5.16 Å². The first kappa shape index (κ1) is 12.7. The predicted octanol–water partition coefficient (Wildman–Crippen LogP) is 1.64. The van der Waals surface area contributed by atoms with Crippen LogP contribution in [0.1, 0.15) is 32.6 Å². The van der Waals surface area contributed by atoms with Crippen molar-refractivity contribution < 1.29 is 4.74 Å². The summed E-state index contributed by atoms with van der Waals surface area (Å²) >= 11 is 1.61. The number of aromatic nitrogens is 3. The van der Waals surface area contributed by atoms with Crippen LogP contribution in [-0.2, 0) is 11.3 Å². The van der Waals surface area contributed by atoms with Crippen LogP contribution >= 0.6 is 11.8 Å². The molecule has 0 amide bonds. The average molecular weight is 257 g/mol. The fourth-order valence-electron chi connectivity index (χ4n) is 1.94. The molecule has 1 aliphatic heterocycles. The molecule has 1 N–H and O–H groups in total. The van der Waals surface area contributed by atoms with Crippen molar-refractivity contribution in [1.29, 1.82) is 0 Å². The summed E-state index contributed by atoms with van der Waals surface area (Å²) in [6.07, 6.45) is 4.79. The van der Waals surface area contributed by atoms with Crippen molar-refractivity contribution in [3.8, 4) is 0 Å². The topological polar surface area (TPSA) is 59.9 Å². The highest BCUT2D eigenvalue weighted by Crippen LogP contribution is 2.21. The van der Waals surface area contributed by atoms with Crippen LogP contribution < -0.4 is 5.69 Å². The van der Waals surface area contributed by atoms with E-state index in [1.54, 1.807) is 16.3 Å². The van der Waals surface area contributed by atoms with Gasteiger partial charge in [-0.05, 0) is 25.7 Å². The van der Waals surface area contributed by atoms with E-state index in [-0.39, 0.29) is 5.69 Å². The highest BCUT2D eigenvalue weighted by Gasteiger charge is 2.16. The monoisotopic (exact) mass is 257 g/mol. The molecule has 0 spiro atoms. The van der Waals surface area contributed by atoms with E-state index in [1.165, 1.54) is 12.8 Å². The van der Waals surface area contributed by atoms with Gasteiger partial charge in [-0.2, -0.15) is 0 Å². The Bertz CT molecular complexity index is 396. The number of ether oxygens (including phenoxy) is 1. The first-order chi connectivity index (χ1) is 8.31. The lowest BCUT2D eigenvalue weighted by Gasteiger charge is -2.21. The van der Waals surface area contributed by atoms with E-state index in [0.717, 1.165) is 36.9 Å².